The predicted octanol–water partition coefficient (Wildman–Crippen LogP) is 4.29. The summed E-state index contributed by atoms with van der Waals surface area (Å²) < 4.78 is 51.8. The van der Waals surface area contributed by atoms with Crippen LogP contribution in [0.4, 0.5) is 4.39 Å². The molecule has 3 aromatic rings. The summed E-state index contributed by atoms with van der Waals surface area (Å²) in [6.45, 7) is 7.32. The third-order valence-corrected chi connectivity index (χ3v) is 6.27. The van der Waals surface area contributed by atoms with Crippen LogP contribution in [0.5, 0.6) is 11.5 Å². The molecule has 0 saturated heterocycles. The Morgan fingerprint density at radius 1 is 1.29 bits per heavy atom. The number of benzene rings is 2. The van der Waals surface area contributed by atoms with Crippen molar-refractivity contribution in [1.82, 2.24) is 9.55 Å². The van der Waals surface area contributed by atoms with Gasteiger partial charge in [-0.2, -0.15) is 0 Å². The molecule has 0 radical (unpaired) electrons. The van der Waals surface area contributed by atoms with E-state index in [4.69, 9.17) is 9.47 Å². The van der Waals surface area contributed by atoms with Crippen molar-refractivity contribution in [2.75, 3.05) is 25.7 Å². The van der Waals surface area contributed by atoms with Crippen molar-refractivity contribution in [3.05, 3.63) is 76.0 Å². The molecule has 0 aliphatic heterocycles. The number of aromatic amines is 1. The summed E-state index contributed by atoms with van der Waals surface area (Å²) in [5, 5.41) is 0. The highest BCUT2D eigenvalue weighted by molar-refractivity contribution is 7.90. The van der Waals surface area contributed by atoms with Gasteiger partial charge in [-0.25, -0.2) is 17.6 Å². The van der Waals surface area contributed by atoms with Crippen LogP contribution in [0, 0.1) is 0 Å². The minimum atomic E-state index is -3.53. The summed E-state index contributed by atoms with van der Waals surface area (Å²) in [4.78, 5) is 19.8. The third kappa shape index (κ3) is 5.54. The van der Waals surface area contributed by atoms with Crippen LogP contribution < -0.4 is 15.2 Å². The Balaban J connectivity index is 2.32. The lowest BCUT2D eigenvalue weighted by Crippen LogP contribution is -2.28. The van der Waals surface area contributed by atoms with Crippen molar-refractivity contribution < 1.29 is 22.3 Å². The van der Waals surface area contributed by atoms with E-state index in [0.29, 0.717) is 40.3 Å². The molecule has 35 heavy (non-hydrogen) atoms. The van der Waals surface area contributed by atoms with Gasteiger partial charge < -0.3 is 14.5 Å². The van der Waals surface area contributed by atoms with Gasteiger partial charge >= 0.3 is 5.69 Å². The maximum absolute atomic E-state index is 14.7. The number of sulfone groups is 1. The normalized spacial score (nSPS) is 13.6. The van der Waals surface area contributed by atoms with Gasteiger partial charge in [0.15, 0.2) is 11.5 Å². The number of nitrogens with zero attached hydrogens (tertiary/aromatic N) is 2. The Morgan fingerprint density at radius 2 is 2.03 bits per heavy atom. The fourth-order valence-corrected chi connectivity index (χ4v) is 4.86. The number of para-hydroxylation sites is 1. The smallest absolute Gasteiger partial charge is 0.327 e. The van der Waals surface area contributed by atoms with Crippen molar-refractivity contribution in [2.24, 2.45) is 4.99 Å². The van der Waals surface area contributed by atoms with Crippen LogP contribution in [0.15, 0.2) is 64.2 Å². The molecule has 3 rings (SSSR count). The first-order chi connectivity index (χ1) is 16.6. The van der Waals surface area contributed by atoms with E-state index >= 15 is 0 Å². The summed E-state index contributed by atoms with van der Waals surface area (Å²) in [5.41, 5.74) is 0.980. The maximum atomic E-state index is 14.7. The number of rotatable bonds is 10. The number of allylic oxidation sites excluding steroid dienone is 3. The van der Waals surface area contributed by atoms with Gasteiger partial charge in [0.1, 0.15) is 21.4 Å². The van der Waals surface area contributed by atoms with E-state index in [0.717, 1.165) is 6.26 Å². The lowest BCUT2D eigenvalue weighted by molar-refractivity contribution is 0.310. The Labute approximate surface area is 203 Å². The number of halogens is 1. The molecule has 2 aromatic carbocycles. The molecule has 1 N–H and O–H groups in total. The Morgan fingerprint density at radius 3 is 2.63 bits per heavy atom. The Bertz CT molecular complexity index is 1470. The van der Waals surface area contributed by atoms with E-state index in [9.17, 15) is 17.6 Å². The molecule has 186 valence electrons. The molecular formula is C25H28FN3O5S. The summed E-state index contributed by atoms with van der Waals surface area (Å²) in [6, 6.07) is 9.04. The van der Waals surface area contributed by atoms with E-state index in [2.05, 4.69) is 16.7 Å². The molecule has 1 unspecified atom stereocenters. The van der Waals surface area contributed by atoms with Crippen molar-refractivity contribution >= 4 is 33.3 Å². The monoisotopic (exact) mass is 501 g/mol. The van der Waals surface area contributed by atoms with Gasteiger partial charge in [0.2, 0.25) is 0 Å². The molecule has 0 saturated carbocycles. The number of fused-ring (bicyclic) bond motifs is 1. The highest BCUT2D eigenvalue weighted by Crippen LogP contribution is 2.34. The highest BCUT2D eigenvalue weighted by atomic mass is 32.2. The molecule has 0 spiro atoms. The first-order valence-electron chi connectivity index (χ1n) is 10.9. The molecular weight excluding hydrogens is 473 g/mol. The molecule has 10 heteroatoms. The van der Waals surface area contributed by atoms with Crippen molar-refractivity contribution in [1.29, 1.82) is 0 Å². The predicted molar refractivity (Wildman–Crippen MR) is 137 cm³/mol. The van der Waals surface area contributed by atoms with Gasteiger partial charge in [0.25, 0.3) is 0 Å². The molecule has 1 aromatic heterocycles. The molecule has 0 bridgehead atoms. The lowest BCUT2D eigenvalue weighted by Gasteiger charge is -2.20. The zero-order valence-corrected chi connectivity index (χ0v) is 20.9. The van der Waals surface area contributed by atoms with Crippen LogP contribution in [0.1, 0.15) is 31.0 Å². The van der Waals surface area contributed by atoms with E-state index < -0.39 is 27.4 Å². The number of H-pyrrole nitrogens is 1. The average Bonchev–Trinajstić information content (AvgIpc) is 3.14. The van der Waals surface area contributed by atoms with Gasteiger partial charge in [-0.15, -0.1) is 0 Å². The number of hydrogen-bond donors (Lipinski definition) is 1. The van der Waals surface area contributed by atoms with Crippen LogP contribution >= 0.6 is 0 Å². The second-order valence-corrected chi connectivity index (χ2v) is 9.99. The molecule has 0 fully saturated rings. The van der Waals surface area contributed by atoms with Crippen molar-refractivity contribution in [3.8, 4) is 11.5 Å². The van der Waals surface area contributed by atoms with Crippen LogP contribution in [0.25, 0.3) is 16.7 Å². The second kappa shape index (κ2) is 10.7. The topological polar surface area (TPSA) is 103 Å². The lowest BCUT2D eigenvalue weighted by atomic mass is 10.1. The summed E-state index contributed by atoms with van der Waals surface area (Å²) >= 11 is 0. The quantitative estimate of drug-likeness (QED) is 0.330. The SMILES string of the molecule is C=N/C(=C(F)\C=C/C)c1cccc2c1[nH]c(=O)n2C(CS(C)(=O)=O)c1ccc(OC)c(OCC)c1. The number of nitrogens with one attached hydrogen (secondary N) is 1. The number of imidazole rings is 1. The number of ether oxygens (including phenoxy) is 2. The highest BCUT2D eigenvalue weighted by Gasteiger charge is 2.26. The summed E-state index contributed by atoms with van der Waals surface area (Å²) in [5.74, 6) is -0.0624. The zero-order valence-electron chi connectivity index (χ0n) is 20.0. The number of hydrogen-bond acceptors (Lipinski definition) is 6. The van der Waals surface area contributed by atoms with Crippen LogP contribution in [-0.4, -0.2) is 50.4 Å². The van der Waals surface area contributed by atoms with E-state index in [1.807, 2.05) is 6.92 Å². The Hall–Kier alpha value is -3.66. The molecule has 1 atom stereocenters. The standard InChI is InChI=1S/C25H28FN3O5S/c1-6-9-18(26)23(27-3)17-10-8-11-19-24(17)28-25(30)29(19)20(15-35(5,31)32)16-12-13-21(33-4)22(14-16)34-7-2/h6,8-14,20H,3,7,15H2,1-2,4-5H3,(H,28,30)/b9-6-,23-18+. The zero-order chi connectivity index (χ0) is 25.8. The Kier molecular flexibility index (Phi) is 7.96. The van der Waals surface area contributed by atoms with Gasteiger partial charge in [0.05, 0.1) is 36.5 Å². The average molecular weight is 502 g/mol. The fraction of sp³-hybridized carbons (Fsp3) is 0.280. The fourth-order valence-electron chi connectivity index (χ4n) is 3.95. The summed E-state index contributed by atoms with van der Waals surface area (Å²) in [7, 11) is -2.03. The first-order valence-corrected chi connectivity index (χ1v) is 12.9. The van der Waals surface area contributed by atoms with Crippen LogP contribution in [-0.2, 0) is 9.84 Å². The van der Waals surface area contributed by atoms with E-state index in [1.165, 1.54) is 23.8 Å². The second-order valence-electron chi connectivity index (χ2n) is 7.81. The van der Waals surface area contributed by atoms with Crippen molar-refractivity contribution in [3.63, 3.8) is 0 Å². The van der Waals surface area contributed by atoms with Gasteiger partial charge in [-0.1, -0.05) is 24.3 Å². The largest absolute Gasteiger partial charge is 0.493 e. The minimum Gasteiger partial charge on any atom is -0.493 e. The number of aliphatic imine (C=N–C) groups is 1. The molecule has 0 amide bonds. The number of methoxy groups -OCH3 is 1. The molecule has 0 aliphatic carbocycles. The number of aromatic nitrogens is 2. The van der Waals surface area contributed by atoms with Crippen LogP contribution in [0.3, 0.4) is 0 Å². The first kappa shape index (κ1) is 26.0. The molecule has 8 nitrogen and oxygen atoms in total. The van der Waals surface area contributed by atoms with E-state index in [-0.39, 0.29) is 11.4 Å². The maximum Gasteiger partial charge on any atom is 0.327 e. The summed E-state index contributed by atoms with van der Waals surface area (Å²) in [6.07, 6.45) is 3.88. The minimum absolute atomic E-state index is 0.0372. The van der Waals surface area contributed by atoms with Gasteiger partial charge in [-0.3, -0.25) is 9.56 Å². The van der Waals surface area contributed by atoms with Crippen molar-refractivity contribution in [2.45, 2.75) is 19.9 Å². The molecule has 1 heterocycles. The van der Waals surface area contributed by atoms with Crippen LogP contribution in [0.2, 0.25) is 0 Å². The molecule has 0 aliphatic rings. The van der Waals surface area contributed by atoms with E-state index in [1.54, 1.807) is 43.3 Å². The van der Waals surface area contributed by atoms with Gasteiger partial charge in [-0.05, 0) is 50.4 Å². The third-order valence-electron chi connectivity index (χ3n) is 5.35. The van der Waals surface area contributed by atoms with Gasteiger partial charge in [0, 0.05) is 11.8 Å².